The van der Waals surface area contributed by atoms with Gasteiger partial charge in [-0.05, 0) is 32.6 Å². The van der Waals surface area contributed by atoms with Crippen LogP contribution in [0.3, 0.4) is 0 Å². The lowest BCUT2D eigenvalue weighted by molar-refractivity contribution is -0.0263. The number of aliphatic hydroxyl groups is 1. The smallest absolute Gasteiger partial charge is 0.0695 e. The Bertz CT molecular complexity index is 227. The van der Waals surface area contributed by atoms with Crippen molar-refractivity contribution in [2.24, 2.45) is 0 Å². The number of likely N-dealkylation sites (tertiary alicyclic amines) is 1. The van der Waals surface area contributed by atoms with E-state index in [2.05, 4.69) is 11.8 Å². The standard InChI is InChI=1S/C15H29NO2/c1-2-18-13-9-11-16(12-10-13)14-7-5-3-4-6-8-15(14)17/h13-15,17H,2-12H2,1H3. The van der Waals surface area contributed by atoms with E-state index in [0.29, 0.717) is 12.1 Å². The number of ether oxygens (including phenoxy) is 1. The van der Waals surface area contributed by atoms with Crippen molar-refractivity contribution in [2.75, 3.05) is 19.7 Å². The molecule has 0 amide bonds. The van der Waals surface area contributed by atoms with Gasteiger partial charge in [0.05, 0.1) is 12.2 Å². The fourth-order valence-corrected chi connectivity index (χ4v) is 3.48. The molecule has 2 aliphatic rings. The second-order valence-electron chi connectivity index (χ2n) is 5.82. The molecule has 1 N–H and O–H groups in total. The van der Waals surface area contributed by atoms with Crippen LogP contribution >= 0.6 is 0 Å². The number of piperidine rings is 1. The van der Waals surface area contributed by atoms with Gasteiger partial charge in [0.2, 0.25) is 0 Å². The van der Waals surface area contributed by atoms with Crippen LogP contribution in [0.2, 0.25) is 0 Å². The summed E-state index contributed by atoms with van der Waals surface area (Å²) in [6, 6.07) is 0.410. The van der Waals surface area contributed by atoms with Crippen LogP contribution in [0.25, 0.3) is 0 Å². The number of hydrogen-bond donors (Lipinski definition) is 1. The van der Waals surface area contributed by atoms with Crippen molar-refractivity contribution in [3.8, 4) is 0 Å². The highest BCUT2D eigenvalue weighted by Gasteiger charge is 2.30. The van der Waals surface area contributed by atoms with Gasteiger partial charge >= 0.3 is 0 Å². The van der Waals surface area contributed by atoms with Gasteiger partial charge in [-0.15, -0.1) is 0 Å². The Morgan fingerprint density at radius 2 is 1.67 bits per heavy atom. The third-order valence-corrected chi connectivity index (χ3v) is 4.54. The van der Waals surface area contributed by atoms with Gasteiger partial charge < -0.3 is 9.84 Å². The predicted molar refractivity (Wildman–Crippen MR) is 73.7 cm³/mol. The highest BCUT2D eigenvalue weighted by molar-refractivity contribution is 4.84. The van der Waals surface area contributed by atoms with E-state index in [1.165, 1.54) is 32.1 Å². The quantitative estimate of drug-likeness (QED) is 0.841. The molecule has 1 saturated carbocycles. The molecule has 0 bridgehead atoms. The maximum Gasteiger partial charge on any atom is 0.0695 e. The molecule has 0 radical (unpaired) electrons. The van der Waals surface area contributed by atoms with Crippen molar-refractivity contribution in [1.29, 1.82) is 0 Å². The van der Waals surface area contributed by atoms with E-state index < -0.39 is 0 Å². The van der Waals surface area contributed by atoms with Crippen LogP contribution in [0.5, 0.6) is 0 Å². The molecular weight excluding hydrogens is 226 g/mol. The Balaban J connectivity index is 1.82. The van der Waals surface area contributed by atoms with Crippen LogP contribution < -0.4 is 0 Å². The zero-order chi connectivity index (χ0) is 12.8. The van der Waals surface area contributed by atoms with E-state index in [1.54, 1.807) is 0 Å². The maximum atomic E-state index is 10.3. The second-order valence-corrected chi connectivity index (χ2v) is 5.82. The molecule has 0 aromatic heterocycles. The van der Waals surface area contributed by atoms with Crippen LogP contribution in [0.4, 0.5) is 0 Å². The summed E-state index contributed by atoms with van der Waals surface area (Å²) in [5.41, 5.74) is 0. The molecule has 1 aliphatic heterocycles. The fourth-order valence-electron chi connectivity index (χ4n) is 3.48. The molecule has 0 aromatic carbocycles. The molecule has 3 nitrogen and oxygen atoms in total. The van der Waals surface area contributed by atoms with Crippen LogP contribution in [0.15, 0.2) is 0 Å². The Hall–Kier alpha value is -0.120. The molecule has 1 saturated heterocycles. The normalized spacial score (nSPS) is 33.0. The number of aliphatic hydroxyl groups excluding tert-OH is 1. The summed E-state index contributed by atoms with van der Waals surface area (Å²) < 4.78 is 5.70. The van der Waals surface area contributed by atoms with Crippen LogP contribution in [0.1, 0.15) is 58.3 Å². The highest BCUT2D eigenvalue weighted by atomic mass is 16.5. The van der Waals surface area contributed by atoms with Gasteiger partial charge in [0.15, 0.2) is 0 Å². The topological polar surface area (TPSA) is 32.7 Å². The largest absolute Gasteiger partial charge is 0.391 e. The first-order valence-electron chi connectivity index (χ1n) is 7.85. The molecule has 2 atom stereocenters. The van der Waals surface area contributed by atoms with Gasteiger partial charge in [-0.1, -0.05) is 25.7 Å². The zero-order valence-electron chi connectivity index (χ0n) is 11.8. The van der Waals surface area contributed by atoms with Crippen molar-refractivity contribution in [3.63, 3.8) is 0 Å². The molecule has 1 heterocycles. The van der Waals surface area contributed by atoms with E-state index in [-0.39, 0.29) is 6.10 Å². The number of nitrogens with zero attached hydrogens (tertiary/aromatic N) is 1. The molecule has 2 rings (SSSR count). The van der Waals surface area contributed by atoms with Gasteiger partial charge in [-0.3, -0.25) is 4.90 Å². The van der Waals surface area contributed by atoms with Crippen molar-refractivity contribution in [3.05, 3.63) is 0 Å². The fraction of sp³-hybridized carbons (Fsp3) is 1.00. The summed E-state index contributed by atoms with van der Waals surface area (Å²) >= 11 is 0. The third-order valence-electron chi connectivity index (χ3n) is 4.54. The van der Waals surface area contributed by atoms with Crippen molar-refractivity contribution >= 4 is 0 Å². The zero-order valence-corrected chi connectivity index (χ0v) is 11.8. The summed E-state index contributed by atoms with van der Waals surface area (Å²) in [5.74, 6) is 0. The van der Waals surface area contributed by atoms with Crippen molar-refractivity contribution in [2.45, 2.75) is 76.5 Å². The van der Waals surface area contributed by atoms with E-state index in [1.807, 2.05) is 0 Å². The van der Waals surface area contributed by atoms with Gasteiger partial charge in [0.1, 0.15) is 0 Å². The Morgan fingerprint density at radius 1 is 1.00 bits per heavy atom. The monoisotopic (exact) mass is 255 g/mol. The molecule has 1 aliphatic carbocycles. The van der Waals surface area contributed by atoms with Crippen LogP contribution in [-0.2, 0) is 4.74 Å². The lowest BCUT2D eigenvalue weighted by Crippen LogP contribution is -2.49. The Labute approximate surface area is 112 Å². The second kappa shape index (κ2) is 7.46. The first kappa shape index (κ1) is 14.3. The summed E-state index contributed by atoms with van der Waals surface area (Å²) in [7, 11) is 0. The molecule has 106 valence electrons. The summed E-state index contributed by atoms with van der Waals surface area (Å²) in [4.78, 5) is 2.52. The molecule has 0 aromatic rings. The van der Waals surface area contributed by atoms with E-state index in [9.17, 15) is 5.11 Å². The van der Waals surface area contributed by atoms with E-state index in [4.69, 9.17) is 4.74 Å². The summed E-state index contributed by atoms with van der Waals surface area (Å²) in [6.07, 6.45) is 9.94. The van der Waals surface area contributed by atoms with Crippen LogP contribution in [0, 0.1) is 0 Å². The lowest BCUT2D eigenvalue weighted by atomic mass is 9.91. The molecule has 18 heavy (non-hydrogen) atoms. The minimum absolute atomic E-state index is 0.103. The SMILES string of the molecule is CCOC1CCN(C2CCCCCCC2O)CC1. The Kier molecular flexibility index (Phi) is 5.93. The summed E-state index contributed by atoms with van der Waals surface area (Å²) in [5, 5.41) is 10.3. The maximum absolute atomic E-state index is 10.3. The predicted octanol–water partition coefficient (Wildman–Crippen LogP) is 2.57. The molecule has 3 heteroatoms. The Morgan fingerprint density at radius 3 is 2.33 bits per heavy atom. The molecule has 0 spiro atoms. The third kappa shape index (κ3) is 3.94. The van der Waals surface area contributed by atoms with Crippen LogP contribution in [-0.4, -0.2) is 48.0 Å². The van der Waals surface area contributed by atoms with Gasteiger partial charge in [-0.25, -0.2) is 0 Å². The lowest BCUT2D eigenvalue weighted by Gasteiger charge is -2.40. The number of rotatable bonds is 3. The highest BCUT2D eigenvalue weighted by Crippen LogP contribution is 2.25. The van der Waals surface area contributed by atoms with Crippen molar-refractivity contribution < 1.29 is 9.84 Å². The average Bonchev–Trinajstić information content (AvgIpc) is 2.36. The van der Waals surface area contributed by atoms with E-state index >= 15 is 0 Å². The van der Waals surface area contributed by atoms with E-state index in [0.717, 1.165) is 39.0 Å². The summed E-state index contributed by atoms with van der Waals surface area (Å²) in [6.45, 7) is 5.11. The van der Waals surface area contributed by atoms with Gasteiger partial charge in [0.25, 0.3) is 0 Å². The molecule has 2 fully saturated rings. The first-order valence-corrected chi connectivity index (χ1v) is 7.85. The minimum Gasteiger partial charge on any atom is -0.391 e. The molecule has 2 unspecified atom stereocenters. The van der Waals surface area contributed by atoms with Crippen molar-refractivity contribution in [1.82, 2.24) is 4.90 Å². The molecular formula is C15H29NO2. The van der Waals surface area contributed by atoms with Gasteiger partial charge in [0, 0.05) is 25.7 Å². The number of hydrogen-bond acceptors (Lipinski definition) is 3. The minimum atomic E-state index is -0.103. The first-order chi connectivity index (χ1) is 8.81. The van der Waals surface area contributed by atoms with Gasteiger partial charge in [-0.2, -0.15) is 0 Å². The average molecular weight is 255 g/mol.